The minimum atomic E-state index is -0.862. The number of ether oxygens (including phenoxy) is 2. The van der Waals surface area contributed by atoms with Crippen molar-refractivity contribution in [3.05, 3.63) is 24.0 Å². The molecular weight excluding hydrogens is 218 g/mol. The number of rotatable bonds is 2. The average molecular weight is 237 g/mol. The maximum atomic E-state index is 10.7. The molecular formula is C13H19NO3. The molecule has 4 heteroatoms. The average Bonchev–Trinajstić information content (AvgIpc) is 2.27. The zero-order valence-electron chi connectivity index (χ0n) is 10.5. The van der Waals surface area contributed by atoms with Gasteiger partial charge in [-0.15, -0.1) is 0 Å². The van der Waals surface area contributed by atoms with Gasteiger partial charge in [-0.25, -0.2) is 0 Å². The first kappa shape index (κ1) is 12.3. The quantitative estimate of drug-likeness (QED) is 0.853. The number of nitrogens with zero attached hydrogens (tertiary/aromatic N) is 1. The largest absolute Gasteiger partial charge is 0.495 e. The van der Waals surface area contributed by atoms with Gasteiger partial charge in [0.2, 0.25) is 0 Å². The van der Waals surface area contributed by atoms with Crippen LogP contribution in [-0.2, 0) is 10.3 Å². The van der Waals surface area contributed by atoms with Crippen molar-refractivity contribution in [3.63, 3.8) is 0 Å². The zero-order valence-corrected chi connectivity index (χ0v) is 10.5. The van der Waals surface area contributed by atoms with Crippen molar-refractivity contribution >= 4 is 0 Å². The molecule has 94 valence electrons. The lowest BCUT2D eigenvalue weighted by molar-refractivity contribution is -0.136. The lowest BCUT2D eigenvalue weighted by Crippen LogP contribution is -2.41. The molecule has 0 saturated carbocycles. The number of aromatic nitrogens is 1. The molecule has 1 aliphatic rings. The second-order valence-corrected chi connectivity index (χ2v) is 4.81. The fraction of sp³-hybridized carbons (Fsp3) is 0.615. The lowest BCUT2D eigenvalue weighted by atomic mass is 9.82. The zero-order chi connectivity index (χ0) is 12.5. The Morgan fingerprint density at radius 2 is 2.00 bits per heavy atom. The fourth-order valence-electron chi connectivity index (χ4n) is 2.55. The van der Waals surface area contributed by atoms with Crippen LogP contribution < -0.4 is 4.74 Å². The Kier molecular flexibility index (Phi) is 3.35. The minimum Gasteiger partial charge on any atom is -0.495 e. The highest BCUT2D eigenvalue weighted by Gasteiger charge is 2.38. The summed E-state index contributed by atoms with van der Waals surface area (Å²) in [5, 5.41) is 10.7. The second-order valence-electron chi connectivity index (χ2n) is 4.81. The maximum Gasteiger partial charge on any atom is 0.137 e. The molecule has 1 aromatic heterocycles. The summed E-state index contributed by atoms with van der Waals surface area (Å²) in [6, 6.07) is 1.84. The topological polar surface area (TPSA) is 51.6 Å². The molecule has 1 fully saturated rings. The van der Waals surface area contributed by atoms with E-state index in [0.29, 0.717) is 18.6 Å². The Balaban J connectivity index is 2.29. The van der Waals surface area contributed by atoms with Gasteiger partial charge in [0.25, 0.3) is 0 Å². The molecule has 0 spiro atoms. The van der Waals surface area contributed by atoms with Crippen molar-refractivity contribution < 1.29 is 14.6 Å². The first-order valence-corrected chi connectivity index (χ1v) is 5.91. The van der Waals surface area contributed by atoms with E-state index in [1.165, 1.54) is 0 Å². The normalized spacial score (nSPS) is 33.4. The molecule has 0 aliphatic carbocycles. The van der Waals surface area contributed by atoms with Crippen LogP contribution in [0.5, 0.6) is 5.75 Å². The third-order valence-electron chi connectivity index (χ3n) is 3.20. The SMILES string of the molecule is COc1cncc(C2(O)CC(C)OC(C)C2)c1. The van der Waals surface area contributed by atoms with Gasteiger partial charge in [0.15, 0.2) is 0 Å². The molecule has 0 radical (unpaired) electrons. The lowest BCUT2D eigenvalue weighted by Gasteiger charge is -2.39. The van der Waals surface area contributed by atoms with E-state index in [9.17, 15) is 5.11 Å². The predicted molar refractivity (Wildman–Crippen MR) is 63.9 cm³/mol. The van der Waals surface area contributed by atoms with Gasteiger partial charge in [-0.05, 0) is 19.9 Å². The number of pyridine rings is 1. The van der Waals surface area contributed by atoms with Crippen LogP contribution in [0.1, 0.15) is 32.3 Å². The van der Waals surface area contributed by atoms with Crippen molar-refractivity contribution in [3.8, 4) is 5.75 Å². The van der Waals surface area contributed by atoms with E-state index in [2.05, 4.69) is 4.98 Å². The predicted octanol–water partition coefficient (Wildman–Crippen LogP) is 1.87. The van der Waals surface area contributed by atoms with Crippen LogP contribution in [0.2, 0.25) is 0 Å². The Morgan fingerprint density at radius 3 is 2.59 bits per heavy atom. The number of aliphatic hydroxyl groups is 1. The summed E-state index contributed by atoms with van der Waals surface area (Å²) in [4.78, 5) is 4.10. The van der Waals surface area contributed by atoms with E-state index < -0.39 is 5.60 Å². The summed E-state index contributed by atoms with van der Waals surface area (Å²) < 4.78 is 10.8. The van der Waals surface area contributed by atoms with Gasteiger partial charge in [-0.3, -0.25) is 4.98 Å². The number of methoxy groups -OCH3 is 1. The molecule has 2 heterocycles. The molecule has 4 nitrogen and oxygen atoms in total. The number of hydrogen-bond acceptors (Lipinski definition) is 4. The van der Waals surface area contributed by atoms with E-state index in [0.717, 1.165) is 5.56 Å². The standard InChI is InChI=1S/C13H19NO3/c1-9-5-13(15,6-10(2)17-9)11-4-12(16-3)8-14-7-11/h4,7-10,15H,5-6H2,1-3H3. The van der Waals surface area contributed by atoms with E-state index in [-0.39, 0.29) is 12.2 Å². The molecule has 2 rings (SSSR count). The van der Waals surface area contributed by atoms with Crippen LogP contribution in [0, 0.1) is 0 Å². The molecule has 2 unspecified atom stereocenters. The molecule has 1 aliphatic heterocycles. The molecule has 1 saturated heterocycles. The highest BCUT2D eigenvalue weighted by Crippen LogP contribution is 2.37. The summed E-state index contributed by atoms with van der Waals surface area (Å²) in [7, 11) is 1.60. The van der Waals surface area contributed by atoms with Gasteiger partial charge >= 0.3 is 0 Å². The molecule has 0 amide bonds. The molecule has 1 aromatic rings. The van der Waals surface area contributed by atoms with E-state index in [1.54, 1.807) is 19.5 Å². The molecule has 2 atom stereocenters. The van der Waals surface area contributed by atoms with E-state index in [4.69, 9.17) is 9.47 Å². The summed E-state index contributed by atoms with van der Waals surface area (Å²) in [6.45, 7) is 3.96. The van der Waals surface area contributed by atoms with Gasteiger partial charge in [0.05, 0.1) is 31.1 Å². The Bertz CT molecular complexity index is 384. The minimum absolute atomic E-state index is 0.0509. The number of hydrogen-bond donors (Lipinski definition) is 1. The van der Waals surface area contributed by atoms with Crippen molar-refractivity contribution in [2.75, 3.05) is 7.11 Å². The van der Waals surface area contributed by atoms with Crippen LogP contribution in [0.4, 0.5) is 0 Å². The van der Waals surface area contributed by atoms with E-state index in [1.807, 2.05) is 19.9 Å². The van der Waals surface area contributed by atoms with Gasteiger partial charge < -0.3 is 14.6 Å². The van der Waals surface area contributed by atoms with Gasteiger partial charge in [0, 0.05) is 24.6 Å². The van der Waals surface area contributed by atoms with Crippen LogP contribution in [-0.4, -0.2) is 29.4 Å². The molecule has 0 bridgehead atoms. The van der Waals surface area contributed by atoms with Crippen molar-refractivity contribution in [2.24, 2.45) is 0 Å². The van der Waals surface area contributed by atoms with Crippen molar-refractivity contribution in [1.29, 1.82) is 0 Å². The second kappa shape index (κ2) is 4.63. The maximum absolute atomic E-state index is 10.7. The summed E-state index contributed by atoms with van der Waals surface area (Å²) >= 11 is 0. The smallest absolute Gasteiger partial charge is 0.137 e. The third-order valence-corrected chi connectivity index (χ3v) is 3.20. The third kappa shape index (κ3) is 2.58. The Morgan fingerprint density at radius 1 is 1.35 bits per heavy atom. The van der Waals surface area contributed by atoms with Gasteiger partial charge in [-0.1, -0.05) is 0 Å². The highest BCUT2D eigenvalue weighted by molar-refractivity contribution is 5.28. The molecule has 1 N–H and O–H groups in total. The van der Waals surface area contributed by atoms with Crippen LogP contribution in [0.15, 0.2) is 18.5 Å². The van der Waals surface area contributed by atoms with Crippen molar-refractivity contribution in [1.82, 2.24) is 4.98 Å². The Labute approximate surface area is 102 Å². The first-order chi connectivity index (χ1) is 8.03. The van der Waals surface area contributed by atoms with Crippen molar-refractivity contribution in [2.45, 2.75) is 44.5 Å². The Hall–Kier alpha value is -1.13. The monoisotopic (exact) mass is 237 g/mol. The first-order valence-electron chi connectivity index (χ1n) is 5.91. The van der Waals surface area contributed by atoms with Crippen LogP contribution in [0.25, 0.3) is 0 Å². The summed E-state index contributed by atoms with van der Waals surface area (Å²) in [5.41, 5.74) is -0.0580. The fourth-order valence-corrected chi connectivity index (χ4v) is 2.55. The van der Waals surface area contributed by atoms with Gasteiger partial charge in [0.1, 0.15) is 5.75 Å². The molecule has 0 aromatic carbocycles. The highest BCUT2D eigenvalue weighted by atomic mass is 16.5. The van der Waals surface area contributed by atoms with Gasteiger partial charge in [-0.2, -0.15) is 0 Å². The van der Waals surface area contributed by atoms with Crippen LogP contribution in [0.3, 0.4) is 0 Å². The summed E-state index contributed by atoms with van der Waals surface area (Å²) in [5.74, 6) is 0.669. The van der Waals surface area contributed by atoms with E-state index >= 15 is 0 Å². The molecule has 17 heavy (non-hydrogen) atoms. The van der Waals surface area contributed by atoms with Crippen LogP contribution >= 0.6 is 0 Å². The summed E-state index contributed by atoms with van der Waals surface area (Å²) in [6.07, 6.45) is 4.62.